The second-order valence-electron chi connectivity index (χ2n) is 4.19. The molecule has 0 saturated heterocycles. The number of allylic oxidation sites excluding steroid dienone is 1. The van der Waals surface area contributed by atoms with E-state index in [4.69, 9.17) is 11.6 Å². The maximum absolute atomic E-state index is 11.4. The second-order valence-corrected chi connectivity index (χ2v) is 4.57. The Hall–Kier alpha value is -1.28. The van der Waals surface area contributed by atoms with Crippen LogP contribution < -0.4 is 4.90 Å². The Morgan fingerprint density at radius 1 is 1.53 bits per heavy atom. The van der Waals surface area contributed by atoms with Gasteiger partial charge in [0.15, 0.2) is 0 Å². The molecule has 0 atom stereocenters. The number of carbonyl (C=O) groups excluding carboxylic acids is 1. The number of anilines is 1. The van der Waals surface area contributed by atoms with E-state index in [2.05, 4.69) is 18.2 Å². The van der Waals surface area contributed by atoms with Gasteiger partial charge in [0, 0.05) is 25.0 Å². The van der Waals surface area contributed by atoms with Crippen LogP contribution in [0.3, 0.4) is 0 Å². The molecule has 2 nitrogen and oxygen atoms in total. The Morgan fingerprint density at radius 3 is 3.06 bits per heavy atom. The van der Waals surface area contributed by atoms with Crippen LogP contribution in [0.2, 0.25) is 0 Å². The van der Waals surface area contributed by atoms with Gasteiger partial charge in [-0.25, -0.2) is 0 Å². The molecule has 0 aliphatic carbocycles. The van der Waals surface area contributed by atoms with Crippen LogP contribution in [0.4, 0.5) is 5.69 Å². The first-order valence-electron chi connectivity index (χ1n) is 5.86. The number of rotatable bonds is 3. The van der Waals surface area contributed by atoms with Crippen LogP contribution in [-0.4, -0.2) is 18.3 Å². The summed E-state index contributed by atoms with van der Waals surface area (Å²) in [4.78, 5) is 13.2. The van der Waals surface area contributed by atoms with Crippen molar-refractivity contribution in [1.82, 2.24) is 0 Å². The van der Waals surface area contributed by atoms with Gasteiger partial charge in [0.2, 0.25) is 5.91 Å². The molecule has 1 aromatic carbocycles. The monoisotopic (exact) mass is 249 g/mol. The highest BCUT2D eigenvalue weighted by Gasteiger charge is 2.21. The van der Waals surface area contributed by atoms with Gasteiger partial charge in [0.05, 0.1) is 0 Å². The summed E-state index contributed by atoms with van der Waals surface area (Å²) >= 11 is 5.62. The standard InChI is InChI=1S/C14H16ClNO/c1-11(17)16-9-7-13-10-12(4-2-3-8-15)5-6-14(13)16/h2,4-6,10H,3,7-9H2,1H3. The van der Waals surface area contributed by atoms with Crippen molar-refractivity contribution in [1.29, 1.82) is 0 Å². The number of fused-ring (bicyclic) bond motifs is 1. The SMILES string of the molecule is CC(=O)N1CCc2cc(C=CCCCl)ccc21. The van der Waals surface area contributed by atoms with Crippen LogP contribution in [0.5, 0.6) is 0 Å². The van der Waals surface area contributed by atoms with Crippen molar-refractivity contribution in [2.24, 2.45) is 0 Å². The molecular formula is C14H16ClNO. The molecule has 1 amide bonds. The van der Waals surface area contributed by atoms with Gasteiger partial charge < -0.3 is 4.90 Å². The Kier molecular flexibility index (Phi) is 3.85. The molecule has 17 heavy (non-hydrogen) atoms. The van der Waals surface area contributed by atoms with E-state index < -0.39 is 0 Å². The molecule has 0 radical (unpaired) electrons. The van der Waals surface area contributed by atoms with Crippen molar-refractivity contribution < 1.29 is 4.79 Å². The minimum Gasteiger partial charge on any atom is -0.312 e. The molecule has 2 rings (SSSR count). The van der Waals surface area contributed by atoms with E-state index in [1.807, 2.05) is 17.0 Å². The van der Waals surface area contributed by atoms with Crippen molar-refractivity contribution in [2.75, 3.05) is 17.3 Å². The molecule has 0 fully saturated rings. The van der Waals surface area contributed by atoms with E-state index in [1.165, 1.54) is 11.1 Å². The zero-order chi connectivity index (χ0) is 12.3. The normalized spacial score (nSPS) is 14.4. The van der Waals surface area contributed by atoms with E-state index in [-0.39, 0.29) is 5.91 Å². The molecule has 0 unspecified atom stereocenters. The van der Waals surface area contributed by atoms with Crippen molar-refractivity contribution in [2.45, 2.75) is 19.8 Å². The molecular weight excluding hydrogens is 234 g/mol. The van der Waals surface area contributed by atoms with E-state index in [0.29, 0.717) is 5.88 Å². The predicted molar refractivity (Wildman–Crippen MR) is 72.5 cm³/mol. The molecule has 3 heteroatoms. The molecule has 1 aromatic rings. The molecule has 0 saturated carbocycles. The molecule has 90 valence electrons. The average Bonchev–Trinajstić information content (AvgIpc) is 2.72. The van der Waals surface area contributed by atoms with Crippen LogP contribution in [-0.2, 0) is 11.2 Å². The first-order chi connectivity index (χ1) is 8.22. The number of alkyl halides is 1. The van der Waals surface area contributed by atoms with Crippen LogP contribution >= 0.6 is 11.6 Å². The summed E-state index contributed by atoms with van der Waals surface area (Å²) in [5.74, 6) is 0.772. The van der Waals surface area contributed by atoms with Crippen LogP contribution in [0, 0.1) is 0 Å². The summed E-state index contributed by atoms with van der Waals surface area (Å²) < 4.78 is 0. The van der Waals surface area contributed by atoms with Gasteiger partial charge in [-0.2, -0.15) is 0 Å². The van der Waals surface area contributed by atoms with Gasteiger partial charge in [-0.05, 0) is 36.1 Å². The second kappa shape index (κ2) is 5.37. The largest absolute Gasteiger partial charge is 0.312 e. The lowest BCUT2D eigenvalue weighted by atomic mass is 10.1. The third kappa shape index (κ3) is 2.70. The van der Waals surface area contributed by atoms with Gasteiger partial charge in [0.1, 0.15) is 0 Å². The fourth-order valence-electron chi connectivity index (χ4n) is 2.13. The van der Waals surface area contributed by atoms with Gasteiger partial charge >= 0.3 is 0 Å². The summed E-state index contributed by atoms with van der Waals surface area (Å²) in [6.45, 7) is 2.42. The summed E-state index contributed by atoms with van der Waals surface area (Å²) in [7, 11) is 0. The topological polar surface area (TPSA) is 20.3 Å². The maximum atomic E-state index is 11.4. The summed E-state index contributed by atoms with van der Waals surface area (Å²) in [6.07, 6.45) is 6.00. The van der Waals surface area contributed by atoms with Crippen LogP contribution in [0.1, 0.15) is 24.5 Å². The number of amides is 1. The first kappa shape index (κ1) is 12.2. The third-order valence-corrected chi connectivity index (χ3v) is 3.18. The predicted octanol–water partition coefficient (Wildman–Crippen LogP) is 3.24. The minimum atomic E-state index is 0.120. The zero-order valence-electron chi connectivity index (χ0n) is 9.95. The van der Waals surface area contributed by atoms with Gasteiger partial charge in [-0.15, -0.1) is 11.6 Å². The van der Waals surface area contributed by atoms with Crippen LogP contribution in [0.25, 0.3) is 6.08 Å². The Balaban J connectivity index is 2.19. The fourth-order valence-corrected chi connectivity index (χ4v) is 2.26. The highest BCUT2D eigenvalue weighted by molar-refractivity contribution is 6.17. The molecule has 1 aliphatic rings. The summed E-state index contributed by atoms with van der Waals surface area (Å²) in [6, 6.07) is 6.23. The van der Waals surface area contributed by atoms with Crippen molar-refractivity contribution in [3.63, 3.8) is 0 Å². The molecule has 0 spiro atoms. The maximum Gasteiger partial charge on any atom is 0.223 e. The highest BCUT2D eigenvalue weighted by Crippen LogP contribution is 2.29. The first-order valence-corrected chi connectivity index (χ1v) is 6.39. The average molecular weight is 250 g/mol. The van der Waals surface area contributed by atoms with Crippen molar-refractivity contribution in [3.8, 4) is 0 Å². The highest BCUT2D eigenvalue weighted by atomic mass is 35.5. The van der Waals surface area contributed by atoms with E-state index >= 15 is 0 Å². The Bertz CT molecular complexity index is 454. The minimum absolute atomic E-state index is 0.120. The molecule has 0 aromatic heterocycles. The summed E-state index contributed by atoms with van der Waals surface area (Å²) in [5.41, 5.74) is 3.50. The number of hydrogen-bond donors (Lipinski definition) is 0. The number of hydrogen-bond acceptors (Lipinski definition) is 1. The van der Waals surface area contributed by atoms with Gasteiger partial charge in [-0.1, -0.05) is 18.2 Å². The molecule has 1 aliphatic heterocycles. The summed E-state index contributed by atoms with van der Waals surface area (Å²) in [5, 5.41) is 0. The Labute approximate surface area is 107 Å². The molecule has 1 heterocycles. The van der Waals surface area contributed by atoms with Gasteiger partial charge in [-0.3, -0.25) is 4.79 Å². The number of benzene rings is 1. The lowest BCUT2D eigenvalue weighted by Gasteiger charge is -2.14. The smallest absolute Gasteiger partial charge is 0.223 e. The van der Waals surface area contributed by atoms with E-state index in [9.17, 15) is 4.79 Å². The van der Waals surface area contributed by atoms with Crippen LogP contribution in [0.15, 0.2) is 24.3 Å². The van der Waals surface area contributed by atoms with E-state index in [0.717, 1.165) is 25.1 Å². The van der Waals surface area contributed by atoms with Crippen molar-refractivity contribution >= 4 is 29.3 Å². The Morgan fingerprint density at radius 2 is 2.35 bits per heavy atom. The molecule has 0 N–H and O–H groups in total. The zero-order valence-corrected chi connectivity index (χ0v) is 10.7. The number of nitrogens with zero attached hydrogens (tertiary/aromatic N) is 1. The lowest BCUT2D eigenvalue weighted by molar-refractivity contribution is -0.116. The number of halogens is 1. The quantitative estimate of drug-likeness (QED) is 0.753. The fraction of sp³-hybridized carbons (Fsp3) is 0.357. The van der Waals surface area contributed by atoms with Gasteiger partial charge in [0.25, 0.3) is 0 Å². The molecule has 0 bridgehead atoms. The van der Waals surface area contributed by atoms with Crippen molar-refractivity contribution in [3.05, 3.63) is 35.4 Å². The number of carbonyl (C=O) groups is 1. The lowest BCUT2D eigenvalue weighted by Crippen LogP contribution is -2.25. The van der Waals surface area contributed by atoms with E-state index in [1.54, 1.807) is 6.92 Å². The third-order valence-electron chi connectivity index (χ3n) is 2.97.